The van der Waals surface area contributed by atoms with Crippen LogP contribution in [0.15, 0.2) is 29.1 Å². The third kappa shape index (κ3) is 1.67. The Morgan fingerprint density at radius 3 is 2.81 bits per heavy atom. The lowest BCUT2D eigenvalue weighted by atomic mass is 10.1. The lowest BCUT2D eigenvalue weighted by Gasteiger charge is -2.01. The molecule has 0 saturated carbocycles. The van der Waals surface area contributed by atoms with E-state index in [-0.39, 0.29) is 5.69 Å². The van der Waals surface area contributed by atoms with Crippen LogP contribution in [-0.4, -0.2) is 18.1 Å². The van der Waals surface area contributed by atoms with E-state index in [1.54, 1.807) is 0 Å². The fourth-order valence-corrected chi connectivity index (χ4v) is 1.46. The minimum Gasteiger partial charge on any atom is -0.464 e. The maximum Gasteiger partial charge on any atom is 0.354 e. The van der Waals surface area contributed by atoms with Crippen LogP contribution < -0.4 is 5.56 Å². The number of pyridine rings is 1. The van der Waals surface area contributed by atoms with E-state index in [1.807, 2.05) is 0 Å². The van der Waals surface area contributed by atoms with Crippen molar-refractivity contribution in [3.05, 3.63) is 46.1 Å². The number of H-pyrrole nitrogens is 1. The van der Waals surface area contributed by atoms with Gasteiger partial charge in [-0.25, -0.2) is 9.18 Å². The summed E-state index contributed by atoms with van der Waals surface area (Å²) in [7, 11) is 1.20. The number of benzene rings is 1. The first-order valence-corrected chi connectivity index (χ1v) is 4.52. The first-order chi connectivity index (χ1) is 7.61. The Balaban J connectivity index is 2.75. The molecule has 0 radical (unpaired) electrons. The van der Waals surface area contributed by atoms with Crippen LogP contribution in [0.25, 0.3) is 10.8 Å². The smallest absolute Gasteiger partial charge is 0.354 e. The molecule has 1 heterocycles. The average Bonchev–Trinajstić information content (AvgIpc) is 2.27. The lowest BCUT2D eigenvalue weighted by molar-refractivity contribution is 0.0594. The summed E-state index contributed by atoms with van der Waals surface area (Å²) in [5, 5.41) is 0.693. The summed E-state index contributed by atoms with van der Waals surface area (Å²) < 4.78 is 17.4. The van der Waals surface area contributed by atoms with E-state index in [0.29, 0.717) is 10.8 Å². The maximum atomic E-state index is 13.0. The largest absolute Gasteiger partial charge is 0.464 e. The van der Waals surface area contributed by atoms with Crippen LogP contribution in [0.2, 0.25) is 0 Å². The van der Waals surface area contributed by atoms with Crippen LogP contribution in [0.4, 0.5) is 4.39 Å². The van der Waals surface area contributed by atoms with E-state index < -0.39 is 17.3 Å². The van der Waals surface area contributed by atoms with Gasteiger partial charge in [0.15, 0.2) is 0 Å². The van der Waals surface area contributed by atoms with Gasteiger partial charge >= 0.3 is 5.97 Å². The number of aromatic amines is 1. The lowest BCUT2D eigenvalue weighted by Crippen LogP contribution is -2.14. The minimum atomic E-state index is -0.664. The number of esters is 1. The van der Waals surface area contributed by atoms with Crippen molar-refractivity contribution in [1.29, 1.82) is 0 Å². The molecule has 0 aliphatic heterocycles. The van der Waals surface area contributed by atoms with E-state index >= 15 is 0 Å². The fraction of sp³-hybridized carbons (Fsp3) is 0.0909. The molecule has 0 saturated heterocycles. The van der Waals surface area contributed by atoms with Gasteiger partial charge in [0, 0.05) is 5.39 Å². The molecule has 0 aliphatic carbocycles. The number of fused-ring (bicyclic) bond motifs is 1. The van der Waals surface area contributed by atoms with Gasteiger partial charge in [-0.3, -0.25) is 4.79 Å². The highest BCUT2D eigenvalue weighted by Crippen LogP contribution is 2.12. The predicted molar refractivity (Wildman–Crippen MR) is 55.9 cm³/mol. The second-order valence-electron chi connectivity index (χ2n) is 3.24. The molecule has 0 bridgehead atoms. The van der Waals surface area contributed by atoms with Gasteiger partial charge in [0.25, 0.3) is 5.56 Å². The van der Waals surface area contributed by atoms with Crippen molar-refractivity contribution < 1.29 is 13.9 Å². The summed E-state index contributed by atoms with van der Waals surface area (Å²) in [6, 6.07) is 5.13. The highest BCUT2D eigenvalue weighted by atomic mass is 19.1. The van der Waals surface area contributed by atoms with Crippen LogP contribution in [0.3, 0.4) is 0 Å². The Morgan fingerprint density at radius 1 is 1.38 bits per heavy atom. The van der Waals surface area contributed by atoms with Gasteiger partial charge in [0.05, 0.1) is 7.11 Å². The number of hydrogen-bond donors (Lipinski definition) is 1. The van der Waals surface area contributed by atoms with Crippen molar-refractivity contribution in [2.75, 3.05) is 7.11 Å². The minimum absolute atomic E-state index is 0.00519. The summed E-state index contributed by atoms with van der Waals surface area (Å²) in [6.45, 7) is 0. The second-order valence-corrected chi connectivity index (χ2v) is 3.24. The van der Waals surface area contributed by atoms with Crippen LogP contribution in [-0.2, 0) is 4.74 Å². The van der Waals surface area contributed by atoms with E-state index in [2.05, 4.69) is 9.72 Å². The summed E-state index contributed by atoms with van der Waals surface area (Å²) in [4.78, 5) is 25.1. The van der Waals surface area contributed by atoms with Crippen molar-refractivity contribution in [2.24, 2.45) is 0 Å². The predicted octanol–water partition coefficient (Wildman–Crippen LogP) is 1.45. The van der Waals surface area contributed by atoms with E-state index in [1.165, 1.54) is 31.4 Å². The number of nitrogens with one attached hydrogen (secondary N) is 1. The van der Waals surface area contributed by atoms with Gasteiger partial charge < -0.3 is 9.72 Å². The normalized spacial score (nSPS) is 10.4. The topological polar surface area (TPSA) is 59.2 Å². The number of aromatic nitrogens is 1. The number of carbonyl (C=O) groups excluding carboxylic acids is 1. The van der Waals surface area contributed by atoms with Crippen LogP contribution in [0, 0.1) is 5.82 Å². The van der Waals surface area contributed by atoms with Gasteiger partial charge in [-0.05, 0) is 29.7 Å². The first-order valence-electron chi connectivity index (χ1n) is 4.52. The SMILES string of the molecule is COC(=O)c1cc2cc(F)ccc2c(=O)[nH]1. The third-order valence-corrected chi connectivity index (χ3v) is 2.21. The molecular formula is C11H8FNO3. The number of halogens is 1. The van der Waals surface area contributed by atoms with Crippen LogP contribution in [0.1, 0.15) is 10.5 Å². The molecular weight excluding hydrogens is 213 g/mol. The van der Waals surface area contributed by atoms with E-state index in [9.17, 15) is 14.0 Å². The molecule has 1 aromatic heterocycles. The molecule has 4 nitrogen and oxygen atoms in total. The van der Waals surface area contributed by atoms with Crippen molar-refractivity contribution in [3.63, 3.8) is 0 Å². The molecule has 2 rings (SSSR count). The van der Waals surface area contributed by atoms with Crippen molar-refractivity contribution in [1.82, 2.24) is 4.98 Å². The van der Waals surface area contributed by atoms with Crippen molar-refractivity contribution in [2.45, 2.75) is 0 Å². The highest BCUT2D eigenvalue weighted by molar-refractivity contribution is 5.92. The Hall–Kier alpha value is -2.17. The van der Waals surface area contributed by atoms with Gasteiger partial charge in [0.2, 0.25) is 0 Å². The van der Waals surface area contributed by atoms with Crippen LogP contribution >= 0.6 is 0 Å². The molecule has 0 unspecified atom stereocenters. The molecule has 1 aromatic carbocycles. The molecule has 5 heteroatoms. The number of methoxy groups -OCH3 is 1. The van der Waals surface area contributed by atoms with Gasteiger partial charge in [-0.1, -0.05) is 0 Å². The Kier molecular flexibility index (Phi) is 2.44. The monoisotopic (exact) mass is 221 g/mol. The molecule has 2 aromatic rings. The van der Waals surface area contributed by atoms with Gasteiger partial charge in [-0.15, -0.1) is 0 Å². The maximum absolute atomic E-state index is 13.0. The Bertz CT molecular complexity index is 618. The van der Waals surface area contributed by atoms with Crippen molar-refractivity contribution in [3.8, 4) is 0 Å². The quantitative estimate of drug-likeness (QED) is 0.741. The summed E-state index contributed by atoms with van der Waals surface area (Å²) in [5.74, 6) is -1.13. The number of carbonyl (C=O) groups is 1. The molecule has 82 valence electrons. The summed E-state index contributed by atoms with van der Waals surface area (Å²) in [5.41, 5.74) is -0.441. The van der Waals surface area contributed by atoms with E-state index in [0.717, 1.165) is 0 Å². The third-order valence-electron chi connectivity index (χ3n) is 2.21. The van der Waals surface area contributed by atoms with Gasteiger partial charge in [0.1, 0.15) is 11.5 Å². The molecule has 0 aliphatic rings. The number of ether oxygens (including phenoxy) is 1. The Labute approximate surface area is 89.7 Å². The highest BCUT2D eigenvalue weighted by Gasteiger charge is 2.09. The zero-order valence-corrected chi connectivity index (χ0v) is 8.41. The zero-order chi connectivity index (χ0) is 11.7. The fourth-order valence-electron chi connectivity index (χ4n) is 1.46. The summed E-state index contributed by atoms with van der Waals surface area (Å²) in [6.07, 6.45) is 0. The van der Waals surface area contributed by atoms with Crippen LogP contribution in [0.5, 0.6) is 0 Å². The number of hydrogen-bond acceptors (Lipinski definition) is 3. The second kappa shape index (κ2) is 3.77. The number of rotatable bonds is 1. The average molecular weight is 221 g/mol. The Morgan fingerprint density at radius 2 is 2.12 bits per heavy atom. The molecule has 0 fully saturated rings. The molecule has 0 amide bonds. The van der Waals surface area contributed by atoms with Crippen molar-refractivity contribution >= 4 is 16.7 Å². The zero-order valence-electron chi connectivity index (χ0n) is 8.41. The van der Waals surface area contributed by atoms with E-state index in [4.69, 9.17) is 0 Å². The first kappa shape index (κ1) is 10.4. The summed E-state index contributed by atoms with van der Waals surface area (Å²) >= 11 is 0. The molecule has 0 spiro atoms. The molecule has 16 heavy (non-hydrogen) atoms. The van der Waals surface area contributed by atoms with Gasteiger partial charge in [-0.2, -0.15) is 0 Å². The molecule has 1 N–H and O–H groups in total. The standard InChI is InChI=1S/C11H8FNO3/c1-16-11(15)9-5-6-4-7(12)2-3-8(6)10(14)13-9/h2-5H,1H3,(H,13,14). The molecule has 0 atom stereocenters.